The van der Waals surface area contributed by atoms with Gasteiger partial charge in [-0.05, 0) is 44.9 Å². The Labute approximate surface area is 107 Å². The molecule has 0 aliphatic heterocycles. The molecule has 18 heavy (non-hydrogen) atoms. The van der Waals surface area contributed by atoms with Gasteiger partial charge < -0.3 is 5.32 Å². The number of anilines is 1. The van der Waals surface area contributed by atoms with E-state index in [4.69, 9.17) is 5.26 Å². The van der Waals surface area contributed by atoms with Crippen LogP contribution in [0.4, 0.5) is 14.5 Å². The van der Waals surface area contributed by atoms with E-state index < -0.39 is 11.6 Å². The van der Waals surface area contributed by atoms with Gasteiger partial charge in [0, 0.05) is 6.54 Å². The van der Waals surface area contributed by atoms with Gasteiger partial charge >= 0.3 is 0 Å². The first kappa shape index (κ1) is 14.4. The Morgan fingerprint density at radius 1 is 1.28 bits per heavy atom. The lowest BCUT2D eigenvalue weighted by Crippen LogP contribution is -2.09. The van der Waals surface area contributed by atoms with Gasteiger partial charge in [0.2, 0.25) is 0 Å². The van der Waals surface area contributed by atoms with Crippen molar-refractivity contribution < 1.29 is 8.78 Å². The van der Waals surface area contributed by atoms with Crippen LogP contribution in [0, 0.1) is 28.4 Å². The van der Waals surface area contributed by atoms with Crippen LogP contribution < -0.4 is 5.32 Å². The highest BCUT2D eigenvalue weighted by Gasteiger charge is 2.15. The monoisotopic (exact) mass is 252 g/mol. The minimum absolute atomic E-state index is 0.189. The van der Waals surface area contributed by atoms with E-state index in [1.807, 2.05) is 13.8 Å². The Hall–Kier alpha value is -1.63. The Morgan fingerprint density at radius 3 is 2.67 bits per heavy atom. The molecule has 0 amide bonds. The van der Waals surface area contributed by atoms with Crippen LogP contribution in [0.15, 0.2) is 18.2 Å². The van der Waals surface area contributed by atoms with E-state index in [2.05, 4.69) is 11.4 Å². The normalized spacial score (nSPS) is 11.1. The van der Waals surface area contributed by atoms with Crippen molar-refractivity contribution in [2.24, 2.45) is 5.41 Å². The van der Waals surface area contributed by atoms with Crippen LogP contribution in [0.1, 0.15) is 33.1 Å². The average molecular weight is 252 g/mol. The summed E-state index contributed by atoms with van der Waals surface area (Å²) in [5, 5.41) is 11.7. The van der Waals surface area contributed by atoms with Gasteiger partial charge in [0.25, 0.3) is 0 Å². The molecule has 0 heterocycles. The SMILES string of the molecule is CC(C)(C#N)CCCCNc1cc(F)ccc1F. The van der Waals surface area contributed by atoms with Crippen molar-refractivity contribution in [3.05, 3.63) is 29.8 Å². The van der Waals surface area contributed by atoms with E-state index in [-0.39, 0.29) is 11.1 Å². The summed E-state index contributed by atoms with van der Waals surface area (Å²) in [7, 11) is 0. The van der Waals surface area contributed by atoms with Crippen molar-refractivity contribution >= 4 is 5.69 Å². The molecule has 0 fully saturated rings. The highest BCUT2D eigenvalue weighted by Crippen LogP contribution is 2.22. The standard InChI is InChI=1S/C14H18F2N2/c1-14(2,10-17)7-3-4-8-18-13-9-11(15)5-6-12(13)16/h5-6,9,18H,3-4,7-8H2,1-2H3. The molecule has 4 heteroatoms. The van der Waals surface area contributed by atoms with Crippen LogP contribution in [-0.2, 0) is 0 Å². The first-order valence-corrected chi connectivity index (χ1v) is 6.05. The smallest absolute Gasteiger partial charge is 0.146 e. The molecule has 0 atom stereocenters. The van der Waals surface area contributed by atoms with Crippen molar-refractivity contribution in [3.63, 3.8) is 0 Å². The number of nitriles is 1. The summed E-state index contributed by atoms with van der Waals surface area (Å²) in [6.45, 7) is 4.36. The molecule has 0 saturated carbocycles. The van der Waals surface area contributed by atoms with Crippen molar-refractivity contribution in [3.8, 4) is 6.07 Å². The van der Waals surface area contributed by atoms with Crippen LogP contribution in [0.25, 0.3) is 0 Å². The van der Waals surface area contributed by atoms with Gasteiger partial charge in [0.05, 0.1) is 17.2 Å². The number of nitrogens with zero attached hydrogens (tertiary/aromatic N) is 1. The zero-order valence-corrected chi connectivity index (χ0v) is 10.8. The fraction of sp³-hybridized carbons (Fsp3) is 0.500. The van der Waals surface area contributed by atoms with Crippen molar-refractivity contribution in [1.82, 2.24) is 0 Å². The molecule has 1 N–H and O–H groups in total. The minimum atomic E-state index is -0.454. The number of hydrogen-bond acceptors (Lipinski definition) is 2. The summed E-state index contributed by atoms with van der Waals surface area (Å²) < 4.78 is 26.1. The lowest BCUT2D eigenvalue weighted by Gasteiger charge is -2.14. The number of unbranched alkanes of at least 4 members (excludes halogenated alkanes) is 1. The summed E-state index contributed by atoms with van der Waals surface area (Å²) in [6, 6.07) is 5.58. The Balaban J connectivity index is 2.30. The van der Waals surface area contributed by atoms with E-state index in [9.17, 15) is 8.78 Å². The molecule has 1 aromatic carbocycles. The van der Waals surface area contributed by atoms with Crippen LogP contribution in [0.3, 0.4) is 0 Å². The molecule has 0 aromatic heterocycles. The predicted octanol–water partition coefficient (Wildman–Crippen LogP) is 4.10. The first-order chi connectivity index (χ1) is 8.44. The topological polar surface area (TPSA) is 35.8 Å². The van der Waals surface area contributed by atoms with E-state index in [1.54, 1.807) is 0 Å². The summed E-state index contributed by atoms with van der Waals surface area (Å²) in [5.74, 6) is -0.904. The third-order valence-corrected chi connectivity index (χ3v) is 2.78. The maximum atomic E-state index is 13.3. The molecule has 0 aliphatic carbocycles. The maximum Gasteiger partial charge on any atom is 0.146 e. The van der Waals surface area contributed by atoms with E-state index in [0.717, 1.165) is 37.5 Å². The van der Waals surface area contributed by atoms with Gasteiger partial charge in [0.15, 0.2) is 0 Å². The molecule has 98 valence electrons. The largest absolute Gasteiger partial charge is 0.383 e. The zero-order valence-electron chi connectivity index (χ0n) is 10.8. The molecule has 0 bridgehead atoms. The summed E-state index contributed by atoms with van der Waals surface area (Å²) >= 11 is 0. The Kier molecular flexibility index (Phi) is 5.08. The third kappa shape index (κ3) is 4.70. The second-order valence-corrected chi connectivity index (χ2v) is 5.00. The quantitative estimate of drug-likeness (QED) is 0.774. The third-order valence-electron chi connectivity index (χ3n) is 2.78. The van der Waals surface area contributed by atoms with Crippen molar-refractivity contribution in [2.75, 3.05) is 11.9 Å². The number of rotatable bonds is 6. The van der Waals surface area contributed by atoms with Gasteiger partial charge in [-0.2, -0.15) is 5.26 Å². The second-order valence-electron chi connectivity index (χ2n) is 5.00. The number of benzene rings is 1. The summed E-state index contributed by atoms with van der Waals surface area (Å²) in [4.78, 5) is 0. The Morgan fingerprint density at radius 2 is 2.00 bits per heavy atom. The van der Waals surface area contributed by atoms with Crippen LogP contribution in [-0.4, -0.2) is 6.54 Å². The van der Waals surface area contributed by atoms with Gasteiger partial charge in [-0.3, -0.25) is 0 Å². The van der Waals surface area contributed by atoms with Gasteiger partial charge in [-0.1, -0.05) is 6.42 Å². The van der Waals surface area contributed by atoms with Crippen LogP contribution in [0.2, 0.25) is 0 Å². The van der Waals surface area contributed by atoms with Crippen molar-refractivity contribution in [2.45, 2.75) is 33.1 Å². The minimum Gasteiger partial charge on any atom is -0.383 e. The van der Waals surface area contributed by atoms with E-state index >= 15 is 0 Å². The molecule has 0 unspecified atom stereocenters. The van der Waals surface area contributed by atoms with Crippen LogP contribution >= 0.6 is 0 Å². The van der Waals surface area contributed by atoms with Gasteiger partial charge in [-0.25, -0.2) is 8.78 Å². The van der Waals surface area contributed by atoms with Gasteiger partial charge in [-0.15, -0.1) is 0 Å². The van der Waals surface area contributed by atoms with E-state index in [1.165, 1.54) is 0 Å². The molecule has 0 aliphatic rings. The molecule has 1 rings (SSSR count). The summed E-state index contributed by atoms with van der Waals surface area (Å²) in [5.41, 5.74) is -0.126. The maximum absolute atomic E-state index is 13.3. The second kappa shape index (κ2) is 6.34. The predicted molar refractivity (Wildman–Crippen MR) is 68.1 cm³/mol. The van der Waals surface area contributed by atoms with Crippen LogP contribution in [0.5, 0.6) is 0 Å². The fourth-order valence-corrected chi connectivity index (χ4v) is 1.60. The molecular formula is C14H18F2N2. The van der Waals surface area contributed by atoms with Crippen molar-refractivity contribution in [1.29, 1.82) is 5.26 Å². The van der Waals surface area contributed by atoms with E-state index in [0.29, 0.717) is 6.54 Å². The lowest BCUT2D eigenvalue weighted by atomic mass is 9.89. The molecule has 0 radical (unpaired) electrons. The first-order valence-electron chi connectivity index (χ1n) is 6.05. The Bertz CT molecular complexity index is 436. The fourth-order valence-electron chi connectivity index (χ4n) is 1.60. The lowest BCUT2D eigenvalue weighted by molar-refractivity contribution is 0.430. The van der Waals surface area contributed by atoms with Gasteiger partial charge in [0.1, 0.15) is 11.6 Å². The highest BCUT2D eigenvalue weighted by molar-refractivity contribution is 5.44. The zero-order chi connectivity index (χ0) is 13.6. The number of nitrogens with one attached hydrogen (secondary N) is 1. The molecule has 2 nitrogen and oxygen atoms in total. The molecule has 1 aromatic rings. The average Bonchev–Trinajstić information content (AvgIpc) is 2.33. The number of hydrogen-bond donors (Lipinski definition) is 1. The highest BCUT2D eigenvalue weighted by atomic mass is 19.1. The molecular weight excluding hydrogens is 234 g/mol. The number of halogens is 2. The molecule has 0 spiro atoms. The summed E-state index contributed by atoms with van der Waals surface area (Å²) in [6.07, 6.45) is 2.50. The molecule has 0 saturated heterocycles.